The molecule has 0 saturated carbocycles. The first-order valence-corrected chi connectivity index (χ1v) is 10.9. The largest absolute Gasteiger partial charge is 0.427 e. The summed E-state index contributed by atoms with van der Waals surface area (Å²) < 4.78 is 5.55. The summed E-state index contributed by atoms with van der Waals surface area (Å²) in [5, 5.41) is 0. The lowest BCUT2D eigenvalue weighted by molar-refractivity contribution is -0.135. The molecule has 0 amide bonds. The van der Waals surface area contributed by atoms with Crippen LogP contribution in [0, 0.1) is 12.8 Å². The summed E-state index contributed by atoms with van der Waals surface area (Å²) in [7, 11) is 0. The van der Waals surface area contributed by atoms with E-state index in [0.29, 0.717) is 18.1 Å². The third kappa shape index (κ3) is 11.3. The van der Waals surface area contributed by atoms with Gasteiger partial charge in [0.25, 0.3) is 0 Å². The first kappa shape index (κ1) is 22.7. The third-order valence-corrected chi connectivity index (χ3v) is 5.14. The van der Waals surface area contributed by atoms with E-state index in [0.717, 1.165) is 6.42 Å². The highest BCUT2D eigenvalue weighted by atomic mass is 16.5. The maximum Gasteiger partial charge on any atom is 0.311 e. The number of esters is 1. The molecule has 148 valence electrons. The second kappa shape index (κ2) is 14.8. The van der Waals surface area contributed by atoms with Gasteiger partial charge in [0.2, 0.25) is 0 Å². The van der Waals surface area contributed by atoms with Crippen molar-refractivity contribution in [1.29, 1.82) is 0 Å². The topological polar surface area (TPSA) is 26.3 Å². The summed E-state index contributed by atoms with van der Waals surface area (Å²) >= 11 is 0. The van der Waals surface area contributed by atoms with Gasteiger partial charge in [-0.1, -0.05) is 95.8 Å². The van der Waals surface area contributed by atoms with Gasteiger partial charge >= 0.3 is 5.97 Å². The highest BCUT2D eigenvalue weighted by Crippen LogP contribution is 2.23. The van der Waals surface area contributed by atoms with Gasteiger partial charge in [-0.05, 0) is 37.8 Å². The van der Waals surface area contributed by atoms with Crippen molar-refractivity contribution in [2.24, 2.45) is 5.92 Å². The van der Waals surface area contributed by atoms with Crippen LogP contribution in [0.15, 0.2) is 24.3 Å². The van der Waals surface area contributed by atoms with Crippen molar-refractivity contribution in [2.45, 2.75) is 104 Å². The number of hydrogen-bond donors (Lipinski definition) is 0. The van der Waals surface area contributed by atoms with Gasteiger partial charge in [-0.15, -0.1) is 0 Å². The zero-order valence-electron chi connectivity index (χ0n) is 17.4. The Morgan fingerprint density at radius 1 is 0.808 bits per heavy atom. The molecule has 0 radical (unpaired) electrons. The van der Waals surface area contributed by atoms with E-state index in [1.165, 1.54) is 76.2 Å². The van der Waals surface area contributed by atoms with Crippen LogP contribution in [0.4, 0.5) is 0 Å². The Kier molecular flexibility index (Phi) is 13.0. The fraction of sp³-hybridized carbons (Fsp3) is 0.708. The van der Waals surface area contributed by atoms with E-state index < -0.39 is 0 Å². The first-order valence-electron chi connectivity index (χ1n) is 10.9. The van der Waals surface area contributed by atoms with Gasteiger partial charge in [0.1, 0.15) is 5.75 Å². The minimum absolute atomic E-state index is 0.0691. The van der Waals surface area contributed by atoms with E-state index in [1.807, 2.05) is 31.2 Å². The lowest BCUT2D eigenvalue weighted by atomic mass is 9.91. The quantitative estimate of drug-likeness (QED) is 0.182. The summed E-state index contributed by atoms with van der Waals surface area (Å²) in [6.45, 7) is 6.54. The number of ether oxygens (including phenoxy) is 1. The summed E-state index contributed by atoms with van der Waals surface area (Å²) in [5.41, 5.74) is 1.18. The minimum atomic E-state index is -0.0691. The standard InChI is InChI=1S/C24H40O2/c1-4-6-8-10-11-13-15-22(14-12-9-7-5-2)20-24(25)26-23-18-16-21(3)17-19-23/h16-19,22H,4-15,20H2,1-3H3. The van der Waals surface area contributed by atoms with Crippen LogP contribution < -0.4 is 4.74 Å². The molecule has 0 heterocycles. The summed E-state index contributed by atoms with van der Waals surface area (Å²) in [6, 6.07) is 7.75. The lowest BCUT2D eigenvalue weighted by Crippen LogP contribution is -2.14. The van der Waals surface area contributed by atoms with Crippen LogP contribution in [0.1, 0.15) is 103 Å². The minimum Gasteiger partial charge on any atom is -0.427 e. The SMILES string of the molecule is CCCCCCCCC(CCCCCC)CC(=O)Oc1ccc(C)cc1. The number of rotatable bonds is 15. The Balaban J connectivity index is 2.37. The molecule has 0 fully saturated rings. The monoisotopic (exact) mass is 360 g/mol. The predicted octanol–water partition coefficient (Wildman–Crippen LogP) is 7.63. The van der Waals surface area contributed by atoms with Crippen LogP contribution in [-0.2, 0) is 4.79 Å². The molecule has 0 N–H and O–H groups in total. The number of carbonyl (C=O) groups is 1. The van der Waals surface area contributed by atoms with E-state index in [-0.39, 0.29) is 5.97 Å². The summed E-state index contributed by atoms with van der Waals surface area (Å²) in [4.78, 5) is 12.3. The van der Waals surface area contributed by atoms with Crippen molar-refractivity contribution in [3.63, 3.8) is 0 Å². The molecule has 0 saturated heterocycles. The molecule has 0 aliphatic rings. The Morgan fingerprint density at radius 3 is 1.88 bits per heavy atom. The van der Waals surface area contributed by atoms with Gasteiger partial charge in [-0.25, -0.2) is 0 Å². The van der Waals surface area contributed by atoms with Crippen molar-refractivity contribution in [3.05, 3.63) is 29.8 Å². The molecule has 1 unspecified atom stereocenters. The van der Waals surface area contributed by atoms with Crippen LogP contribution in [0.5, 0.6) is 5.75 Å². The Hall–Kier alpha value is -1.31. The molecule has 0 bridgehead atoms. The lowest BCUT2D eigenvalue weighted by Gasteiger charge is -2.16. The van der Waals surface area contributed by atoms with E-state index in [1.54, 1.807) is 0 Å². The summed E-state index contributed by atoms with van der Waals surface area (Å²) in [5.74, 6) is 1.08. The highest BCUT2D eigenvalue weighted by molar-refractivity contribution is 5.72. The Bertz CT molecular complexity index is 464. The van der Waals surface area contributed by atoms with Gasteiger partial charge in [0, 0.05) is 6.42 Å². The van der Waals surface area contributed by atoms with Crippen LogP contribution in [0.2, 0.25) is 0 Å². The van der Waals surface area contributed by atoms with Crippen LogP contribution >= 0.6 is 0 Å². The number of carbonyl (C=O) groups excluding carboxylic acids is 1. The molecule has 1 aromatic carbocycles. The maximum absolute atomic E-state index is 12.3. The van der Waals surface area contributed by atoms with E-state index in [2.05, 4.69) is 13.8 Å². The van der Waals surface area contributed by atoms with E-state index in [9.17, 15) is 4.79 Å². The molecule has 1 rings (SSSR count). The fourth-order valence-electron chi connectivity index (χ4n) is 3.44. The average molecular weight is 361 g/mol. The van der Waals surface area contributed by atoms with Gasteiger partial charge in [-0.2, -0.15) is 0 Å². The van der Waals surface area contributed by atoms with Crippen LogP contribution in [-0.4, -0.2) is 5.97 Å². The molecule has 26 heavy (non-hydrogen) atoms. The van der Waals surface area contributed by atoms with Gasteiger partial charge in [-0.3, -0.25) is 4.79 Å². The molecule has 0 aliphatic carbocycles. The second-order valence-corrected chi connectivity index (χ2v) is 7.76. The number of unbranched alkanes of at least 4 members (excludes halogenated alkanes) is 8. The highest BCUT2D eigenvalue weighted by Gasteiger charge is 2.15. The Morgan fingerprint density at radius 2 is 1.31 bits per heavy atom. The van der Waals surface area contributed by atoms with Gasteiger partial charge in [0.15, 0.2) is 0 Å². The van der Waals surface area contributed by atoms with E-state index >= 15 is 0 Å². The molecular formula is C24H40O2. The van der Waals surface area contributed by atoms with Gasteiger partial charge < -0.3 is 4.74 Å². The number of benzene rings is 1. The van der Waals surface area contributed by atoms with Gasteiger partial charge in [0.05, 0.1) is 0 Å². The molecule has 0 spiro atoms. The number of aryl methyl sites for hydroxylation is 1. The first-order chi connectivity index (χ1) is 12.7. The van der Waals surface area contributed by atoms with Crippen molar-refractivity contribution in [1.82, 2.24) is 0 Å². The molecule has 0 aromatic heterocycles. The normalized spacial score (nSPS) is 12.1. The second-order valence-electron chi connectivity index (χ2n) is 7.76. The smallest absolute Gasteiger partial charge is 0.311 e. The van der Waals surface area contributed by atoms with Crippen molar-refractivity contribution in [2.75, 3.05) is 0 Å². The van der Waals surface area contributed by atoms with Crippen LogP contribution in [0.25, 0.3) is 0 Å². The average Bonchev–Trinajstić information content (AvgIpc) is 2.63. The van der Waals surface area contributed by atoms with Crippen molar-refractivity contribution < 1.29 is 9.53 Å². The molecular weight excluding hydrogens is 320 g/mol. The zero-order valence-corrected chi connectivity index (χ0v) is 17.4. The fourth-order valence-corrected chi connectivity index (χ4v) is 3.44. The van der Waals surface area contributed by atoms with Crippen molar-refractivity contribution >= 4 is 5.97 Å². The molecule has 1 atom stereocenters. The zero-order chi connectivity index (χ0) is 19.0. The molecule has 0 aliphatic heterocycles. The third-order valence-electron chi connectivity index (χ3n) is 5.14. The molecule has 1 aromatic rings. The van der Waals surface area contributed by atoms with Crippen molar-refractivity contribution in [3.8, 4) is 5.75 Å². The van der Waals surface area contributed by atoms with Crippen LogP contribution in [0.3, 0.4) is 0 Å². The Labute approximate surface area is 161 Å². The number of hydrogen-bond acceptors (Lipinski definition) is 2. The molecule has 2 nitrogen and oxygen atoms in total. The summed E-state index contributed by atoms with van der Waals surface area (Å²) in [6.07, 6.45) is 15.9. The van der Waals surface area contributed by atoms with E-state index in [4.69, 9.17) is 4.74 Å². The molecule has 2 heteroatoms. The maximum atomic E-state index is 12.3. The predicted molar refractivity (Wildman–Crippen MR) is 112 cm³/mol.